The van der Waals surface area contributed by atoms with E-state index in [-0.39, 0.29) is 0 Å². The summed E-state index contributed by atoms with van der Waals surface area (Å²) in [6.45, 7) is 2.04. The van der Waals surface area contributed by atoms with Gasteiger partial charge < -0.3 is 9.84 Å². The summed E-state index contributed by atoms with van der Waals surface area (Å²) in [4.78, 5) is 0. The van der Waals surface area contributed by atoms with Gasteiger partial charge in [0.2, 0.25) is 0 Å². The third-order valence-electron chi connectivity index (χ3n) is 3.38. The largest absolute Gasteiger partial charge is 0.497 e. The fraction of sp³-hybridized carbons (Fsp3) is 0.538. The monoisotopic (exact) mass is 206 g/mol. The maximum Gasteiger partial charge on any atom is 0.118 e. The maximum absolute atomic E-state index is 10.6. The molecular formula is C13H18O2. The van der Waals surface area contributed by atoms with Crippen molar-refractivity contribution in [2.45, 2.75) is 31.8 Å². The normalized spacial score (nSPS) is 19.7. The van der Waals surface area contributed by atoms with Gasteiger partial charge in [-0.2, -0.15) is 0 Å². The molecule has 0 radical (unpaired) electrons. The predicted molar refractivity (Wildman–Crippen MR) is 59.9 cm³/mol. The van der Waals surface area contributed by atoms with Crippen molar-refractivity contribution in [3.63, 3.8) is 0 Å². The van der Waals surface area contributed by atoms with Crippen molar-refractivity contribution < 1.29 is 9.84 Å². The zero-order chi connectivity index (χ0) is 10.9. The Balaban J connectivity index is 2.26. The van der Waals surface area contributed by atoms with E-state index in [1.807, 2.05) is 31.2 Å². The molecule has 2 heteroatoms. The van der Waals surface area contributed by atoms with Crippen LogP contribution in [0.3, 0.4) is 0 Å². The Morgan fingerprint density at radius 2 is 1.93 bits per heavy atom. The molecule has 1 N–H and O–H groups in total. The number of hydrogen-bond donors (Lipinski definition) is 1. The summed E-state index contributed by atoms with van der Waals surface area (Å²) in [5.41, 5.74) is 0.403. The van der Waals surface area contributed by atoms with E-state index < -0.39 is 5.60 Å². The summed E-state index contributed by atoms with van der Waals surface area (Å²) in [7, 11) is 1.65. The van der Waals surface area contributed by atoms with E-state index in [4.69, 9.17) is 4.74 Å². The highest BCUT2D eigenvalue weighted by atomic mass is 16.5. The lowest BCUT2D eigenvalue weighted by Gasteiger charge is -2.27. The molecule has 15 heavy (non-hydrogen) atoms. The van der Waals surface area contributed by atoms with Crippen molar-refractivity contribution in [1.82, 2.24) is 0 Å². The zero-order valence-electron chi connectivity index (χ0n) is 9.36. The van der Waals surface area contributed by atoms with Crippen LogP contribution in [0.15, 0.2) is 24.3 Å². The van der Waals surface area contributed by atoms with E-state index in [0.29, 0.717) is 5.92 Å². The Morgan fingerprint density at radius 1 is 1.33 bits per heavy atom. The van der Waals surface area contributed by atoms with Gasteiger partial charge in [0.1, 0.15) is 5.75 Å². The van der Waals surface area contributed by atoms with Crippen LogP contribution in [-0.4, -0.2) is 12.2 Å². The second-order valence-corrected chi connectivity index (χ2v) is 4.28. The quantitative estimate of drug-likeness (QED) is 0.820. The highest BCUT2D eigenvalue weighted by molar-refractivity contribution is 5.32. The summed E-state index contributed by atoms with van der Waals surface area (Å²) in [5.74, 6) is 1.30. The van der Waals surface area contributed by atoms with Gasteiger partial charge in [-0.05, 0) is 42.9 Å². The van der Waals surface area contributed by atoms with E-state index >= 15 is 0 Å². The summed E-state index contributed by atoms with van der Waals surface area (Å²) < 4.78 is 5.11. The average Bonchev–Trinajstić information content (AvgIpc) is 3.12. The molecule has 82 valence electrons. The number of aliphatic hydroxyl groups is 1. The Hall–Kier alpha value is -1.02. The Labute approximate surface area is 90.9 Å². The van der Waals surface area contributed by atoms with Crippen LogP contribution in [0.2, 0.25) is 0 Å². The molecular weight excluding hydrogens is 188 g/mol. The molecule has 0 heterocycles. The van der Waals surface area contributed by atoms with Gasteiger partial charge in [-0.3, -0.25) is 0 Å². The summed E-state index contributed by atoms with van der Waals surface area (Å²) in [6.07, 6.45) is 3.08. The standard InChI is InChI=1S/C13H18O2/c1-3-13(14,10-4-5-10)11-6-8-12(15-2)9-7-11/h6-10,14H,3-5H2,1-2H3. The van der Waals surface area contributed by atoms with Crippen molar-refractivity contribution in [3.8, 4) is 5.75 Å². The Kier molecular flexibility index (Phi) is 2.70. The lowest BCUT2D eigenvalue weighted by Crippen LogP contribution is -2.27. The Bertz CT molecular complexity index is 327. The lowest BCUT2D eigenvalue weighted by atomic mass is 9.86. The molecule has 2 nitrogen and oxygen atoms in total. The molecule has 0 aliphatic heterocycles. The molecule has 1 aromatic carbocycles. The van der Waals surface area contributed by atoms with Gasteiger partial charge in [-0.25, -0.2) is 0 Å². The number of benzene rings is 1. The van der Waals surface area contributed by atoms with Gasteiger partial charge in [0.25, 0.3) is 0 Å². The second kappa shape index (κ2) is 3.86. The van der Waals surface area contributed by atoms with E-state index in [1.165, 1.54) is 0 Å². The molecule has 0 saturated heterocycles. The molecule has 0 aromatic heterocycles. The third-order valence-corrected chi connectivity index (χ3v) is 3.38. The molecule has 1 fully saturated rings. The van der Waals surface area contributed by atoms with E-state index in [1.54, 1.807) is 7.11 Å². The lowest BCUT2D eigenvalue weighted by molar-refractivity contribution is 0.00887. The predicted octanol–water partition coefficient (Wildman–Crippen LogP) is 2.70. The first-order chi connectivity index (χ1) is 7.20. The smallest absolute Gasteiger partial charge is 0.118 e. The van der Waals surface area contributed by atoms with Crippen molar-refractivity contribution in [2.75, 3.05) is 7.11 Å². The van der Waals surface area contributed by atoms with E-state index in [9.17, 15) is 5.11 Å². The van der Waals surface area contributed by atoms with Crippen molar-refractivity contribution in [3.05, 3.63) is 29.8 Å². The molecule has 1 atom stereocenters. The average molecular weight is 206 g/mol. The topological polar surface area (TPSA) is 29.5 Å². The van der Waals surface area contributed by atoms with Crippen LogP contribution in [0.5, 0.6) is 5.75 Å². The molecule has 1 unspecified atom stereocenters. The summed E-state index contributed by atoms with van der Waals surface area (Å²) >= 11 is 0. The fourth-order valence-electron chi connectivity index (χ4n) is 2.17. The molecule has 0 bridgehead atoms. The number of hydrogen-bond acceptors (Lipinski definition) is 2. The van der Waals surface area contributed by atoms with Gasteiger partial charge in [-0.15, -0.1) is 0 Å². The van der Waals surface area contributed by atoms with Crippen LogP contribution in [0.25, 0.3) is 0 Å². The summed E-state index contributed by atoms with van der Waals surface area (Å²) in [6, 6.07) is 7.78. The number of ether oxygens (including phenoxy) is 1. The van der Waals surface area contributed by atoms with Gasteiger partial charge in [0, 0.05) is 0 Å². The maximum atomic E-state index is 10.6. The van der Waals surface area contributed by atoms with Gasteiger partial charge in [0.15, 0.2) is 0 Å². The highest BCUT2D eigenvalue weighted by Crippen LogP contribution is 2.47. The molecule has 1 aliphatic rings. The first-order valence-electron chi connectivity index (χ1n) is 5.57. The minimum atomic E-state index is -0.619. The van der Waals surface area contributed by atoms with Crippen molar-refractivity contribution in [1.29, 1.82) is 0 Å². The molecule has 0 amide bonds. The molecule has 0 spiro atoms. The fourth-order valence-corrected chi connectivity index (χ4v) is 2.17. The third kappa shape index (κ3) is 1.86. The first kappa shape index (κ1) is 10.5. The van der Waals surface area contributed by atoms with Gasteiger partial charge in [-0.1, -0.05) is 19.1 Å². The van der Waals surface area contributed by atoms with Crippen molar-refractivity contribution >= 4 is 0 Å². The molecule has 1 aliphatic carbocycles. The highest BCUT2D eigenvalue weighted by Gasteiger charge is 2.43. The van der Waals surface area contributed by atoms with E-state index in [0.717, 1.165) is 30.6 Å². The van der Waals surface area contributed by atoms with Gasteiger partial charge in [0.05, 0.1) is 12.7 Å². The minimum absolute atomic E-state index is 0.455. The van der Waals surface area contributed by atoms with Crippen LogP contribution >= 0.6 is 0 Å². The zero-order valence-corrected chi connectivity index (χ0v) is 9.36. The minimum Gasteiger partial charge on any atom is -0.497 e. The van der Waals surface area contributed by atoms with Crippen LogP contribution in [-0.2, 0) is 5.60 Å². The Morgan fingerprint density at radius 3 is 2.33 bits per heavy atom. The van der Waals surface area contributed by atoms with Crippen LogP contribution in [0.4, 0.5) is 0 Å². The molecule has 1 saturated carbocycles. The number of rotatable bonds is 4. The van der Waals surface area contributed by atoms with Crippen LogP contribution in [0.1, 0.15) is 31.7 Å². The summed E-state index contributed by atoms with van der Waals surface area (Å²) in [5, 5.41) is 10.6. The second-order valence-electron chi connectivity index (χ2n) is 4.28. The number of methoxy groups -OCH3 is 1. The molecule has 1 aromatic rings. The van der Waals surface area contributed by atoms with E-state index in [2.05, 4.69) is 0 Å². The van der Waals surface area contributed by atoms with Crippen molar-refractivity contribution in [2.24, 2.45) is 5.92 Å². The van der Waals surface area contributed by atoms with Crippen LogP contribution < -0.4 is 4.74 Å². The molecule has 2 rings (SSSR count). The van der Waals surface area contributed by atoms with Crippen LogP contribution in [0, 0.1) is 5.92 Å². The van der Waals surface area contributed by atoms with Gasteiger partial charge >= 0.3 is 0 Å². The first-order valence-corrected chi connectivity index (χ1v) is 5.57. The SMILES string of the molecule is CCC(O)(c1ccc(OC)cc1)C1CC1.